The van der Waals surface area contributed by atoms with E-state index in [9.17, 15) is 126 Å². The number of rotatable bonds is 15. The van der Waals surface area contributed by atoms with E-state index in [1.54, 1.807) is 0 Å². The number of phenolic OH excluding ortho intramolecular Hbond substituents is 15. The normalized spacial score (nSPS) is 14.9. The summed E-state index contributed by atoms with van der Waals surface area (Å²) < 4.78 is 0. The number of aromatic hydroxyl groups is 15. The Bertz CT molecular complexity index is 2860. The van der Waals surface area contributed by atoms with Crippen LogP contribution in [0.15, 0.2) is 60.7 Å². The van der Waals surface area contributed by atoms with Crippen molar-refractivity contribution in [3.05, 3.63) is 88.5 Å². The van der Waals surface area contributed by atoms with Crippen molar-refractivity contribution in [1.82, 2.24) is 0 Å². The van der Waals surface area contributed by atoms with Crippen LogP contribution in [-0.4, -0.2) is 160 Å². The molecule has 0 amide bonds. The van der Waals surface area contributed by atoms with Crippen molar-refractivity contribution in [3.63, 3.8) is 0 Å². The third-order valence-electron chi connectivity index (χ3n) is 10.3. The van der Waals surface area contributed by atoms with Crippen LogP contribution >= 0.6 is 0 Å². The Labute approximate surface area is 369 Å². The Hall–Kier alpha value is -9.08. The van der Waals surface area contributed by atoms with E-state index in [1.807, 2.05) is 0 Å². The number of benzene rings is 5. The highest BCUT2D eigenvalue weighted by atomic mass is 16.4. The van der Waals surface area contributed by atoms with E-state index >= 15 is 4.79 Å². The van der Waals surface area contributed by atoms with Gasteiger partial charge in [0.05, 0.1) is 0 Å². The predicted molar refractivity (Wildman–Crippen MR) is 210 cm³/mol. The lowest BCUT2D eigenvalue weighted by molar-refractivity contribution is -0.195. The van der Waals surface area contributed by atoms with E-state index in [1.165, 1.54) is 0 Å². The Morgan fingerprint density at radius 1 is 0.358 bits per heavy atom. The van der Waals surface area contributed by atoms with Gasteiger partial charge in [-0.05, 0) is 66.2 Å². The van der Waals surface area contributed by atoms with Gasteiger partial charge in [-0.15, -0.1) is 0 Å². The van der Waals surface area contributed by atoms with E-state index in [4.69, 9.17) is 0 Å². The second-order valence-corrected chi connectivity index (χ2v) is 14.4. The van der Waals surface area contributed by atoms with Gasteiger partial charge in [0.1, 0.15) is 12.2 Å². The van der Waals surface area contributed by atoms with Crippen LogP contribution in [-0.2, 0) is 9.59 Å². The highest BCUT2D eigenvalue weighted by Gasteiger charge is 2.79. The number of aliphatic hydroxyl groups is 5. The second kappa shape index (κ2) is 16.8. The van der Waals surface area contributed by atoms with E-state index in [-0.39, 0.29) is 48.5 Å². The molecule has 26 nitrogen and oxygen atoms in total. The second-order valence-electron chi connectivity index (χ2n) is 14.4. The zero-order valence-corrected chi connectivity index (χ0v) is 32.8. The summed E-state index contributed by atoms with van der Waals surface area (Å²) in [5.74, 6) is -39.7. The van der Waals surface area contributed by atoms with Crippen molar-refractivity contribution < 1.29 is 131 Å². The number of ketones is 6. The van der Waals surface area contributed by atoms with Gasteiger partial charge in [0, 0.05) is 22.3 Å². The number of carbonyl (C=O) groups excluding carboxylic acids is 6. The molecule has 0 aliphatic rings. The predicted octanol–water partition coefficient (Wildman–Crippen LogP) is -1.47. The van der Waals surface area contributed by atoms with Gasteiger partial charge in [-0.3, -0.25) is 28.8 Å². The monoisotopic (exact) mass is 940 g/mol. The molecule has 5 aromatic rings. The SMILES string of the molecule is O=C(C(=O)[C@@](O)(C(=O)c1cc(O)c(O)c(O)c1)[C@](O)(C(=O)c1cc(O)c(O)c(O)c1)[C@@](O)(C(=O)c1cc(O)c(O)c(O)c1)C(=O)C(O)C(O)c1cc(O)c(O)c(O)c1)c1cc(O)c(O)c(O)c1. The molecular formula is C41H32O26. The molecule has 0 aliphatic heterocycles. The first-order chi connectivity index (χ1) is 30.9. The van der Waals surface area contributed by atoms with Gasteiger partial charge in [-0.2, -0.15) is 0 Å². The topological polar surface area (TPSA) is 507 Å². The Balaban J connectivity index is 2.05. The number of aliphatic hydroxyl groups excluding tert-OH is 2. The third-order valence-corrected chi connectivity index (χ3v) is 10.3. The minimum atomic E-state index is -5.78. The van der Waals surface area contributed by atoms with Crippen molar-refractivity contribution in [2.75, 3.05) is 0 Å². The van der Waals surface area contributed by atoms with Gasteiger partial charge in [-0.25, -0.2) is 0 Å². The molecule has 0 aliphatic carbocycles. The maximum Gasteiger partial charge on any atom is 0.246 e. The quantitative estimate of drug-likeness (QED) is 0.0246. The number of Topliss-reactive ketones (excluding diaryl/α,β-unsaturated/α-hetero) is 6. The molecule has 352 valence electrons. The summed E-state index contributed by atoms with van der Waals surface area (Å²) >= 11 is 0. The molecule has 0 saturated carbocycles. The molecule has 0 aromatic heterocycles. The zero-order chi connectivity index (χ0) is 50.7. The number of hydrogen-bond acceptors (Lipinski definition) is 26. The van der Waals surface area contributed by atoms with Crippen molar-refractivity contribution in [2.45, 2.75) is 29.0 Å². The van der Waals surface area contributed by atoms with Crippen LogP contribution in [0.4, 0.5) is 0 Å². The largest absolute Gasteiger partial charge is 0.504 e. The van der Waals surface area contributed by atoms with Gasteiger partial charge >= 0.3 is 0 Å². The standard InChI is InChI=1S/C41H32O26/c42-16-1-11(2-17(43)28(16)54)26(52)33(59)38(64)40(66,35(61)14-7-22(48)31(57)23(49)8-14)41(67,36(62)15-9-24(50)32(58)25(51)10-15)39(65,34(60)13-5-20(46)30(56)21(47)6-13)37(63)27(53)12-3-18(44)29(55)19(45)4-12/h1-10,26,33,42-52,54-59,65-67H/t26?,33?,39-,40+,41+/m0/s1. The lowest BCUT2D eigenvalue weighted by atomic mass is 9.58. The van der Waals surface area contributed by atoms with E-state index in [0.717, 1.165) is 0 Å². The first kappa shape index (κ1) is 48.9. The zero-order valence-electron chi connectivity index (χ0n) is 32.8. The molecule has 5 atom stereocenters. The maximum absolute atomic E-state index is 15.1. The highest BCUT2D eigenvalue weighted by Crippen LogP contribution is 2.49. The number of carbonyl (C=O) groups is 6. The summed E-state index contributed by atoms with van der Waals surface area (Å²) in [5.41, 5.74) is -24.6. The highest BCUT2D eigenvalue weighted by molar-refractivity contribution is 6.52. The van der Waals surface area contributed by atoms with Crippen LogP contribution < -0.4 is 0 Å². The summed E-state index contributed by atoms with van der Waals surface area (Å²) in [5, 5.41) is 214. The van der Waals surface area contributed by atoms with Gasteiger partial charge in [0.2, 0.25) is 51.5 Å². The van der Waals surface area contributed by atoms with E-state index in [0.29, 0.717) is 12.1 Å². The van der Waals surface area contributed by atoms with Crippen LogP contribution in [0.2, 0.25) is 0 Å². The molecule has 0 fully saturated rings. The van der Waals surface area contributed by atoms with Crippen molar-refractivity contribution in [3.8, 4) is 86.2 Å². The van der Waals surface area contributed by atoms with Crippen molar-refractivity contribution >= 4 is 34.7 Å². The van der Waals surface area contributed by atoms with Gasteiger partial charge in [-0.1, -0.05) is 0 Å². The molecule has 26 heteroatoms. The molecule has 5 rings (SSSR count). The lowest BCUT2D eigenvalue weighted by Crippen LogP contribution is -2.82. The molecule has 5 aromatic carbocycles. The minimum absolute atomic E-state index is 0.0104. The van der Waals surface area contributed by atoms with E-state index in [2.05, 4.69) is 0 Å². The van der Waals surface area contributed by atoms with E-state index < -0.39 is 178 Å². The first-order valence-electron chi connectivity index (χ1n) is 18.0. The summed E-state index contributed by atoms with van der Waals surface area (Å²) in [6.45, 7) is 0. The first-order valence-corrected chi connectivity index (χ1v) is 18.0. The van der Waals surface area contributed by atoms with Crippen LogP contribution in [0.25, 0.3) is 0 Å². The fourth-order valence-electron chi connectivity index (χ4n) is 6.68. The average Bonchev–Trinajstić information content (AvgIpc) is 3.28. The fourth-order valence-corrected chi connectivity index (χ4v) is 6.68. The van der Waals surface area contributed by atoms with Crippen LogP contribution in [0, 0.1) is 0 Å². The summed E-state index contributed by atoms with van der Waals surface area (Å²) in [6.07, 6.45) is -6.86. The average molecular weight is 941 g/mol. The van der Waals surface area contributed by atoms with Crippen molar-refractivity contribution in [2.24, 2.45) is 0 Å². The smallest absolute Gasteiger partial charge is 0.246 e. The molecule has 67 heavy (non-hydrogen) atoms. The van der Waals surface area contributed by atoms with Gasteiger partial charge < -0.3 is 102 Å². The van der Waals surface area contributed by atoms with Gasteiger partial charge in [0.15, 0.2) is 86.2 Å². The molecule has 20 N–H and O–H groups in total. The van der Waals surface area contributed by atoms with Gasteiger partial charge in [0.25, 0.3) is 0 Å². The summed E-state index contributed by atoms with van der Waals surface area (Å²) in [4.78, 5) is 88.7. The third kappa shape index (κ3) is 7.54. The molecule has 0 saturated heterocycles. The molecule has 0 heterocycles. The lowest BCUT2D eigenvalue weighted by Gasteiger charge is -2.48. The maximum atomic E-state index is 15.1. The van der Waals surface area contributed by atoms with Crippen LogP contribution in [0.3, 0.4) is 0 Å². The molecule has 0 bridgehead atoms. The van der Waals surface area contributed by atoms with Crippen LogP contribution in [0.1, 0.15) is 53.1 Å². The molecule has 0 spiro atoms. The van der Waals surface area contributed by atoms with Crippen molar-refractivity contribution in [1.29, 1.82) is 0 Å². The number of phenols is 15. The Morgan fingerprint density at radius 3 is 0.925 bits per heavy atom. The number of hydrogen-bond donors (Lipinski definition) is 20. The Kier molecular flexibility index (Phi) is 12.3. The van der Waals surface area contributed by atoms with Crippen LogP contribution in [0.5, 0.6) is 86.2 Å². The molecule has 0 radical (unpaired) electrons. The summed E-state index contributed by atoms with van der Waals surface area (Å²) in [7, 11) is 0. The molecular weight excluding hydrogens is 908 g/mol. The summed E-state index contributed by atoms with van der Waals surface area (Å²) in [6, 6.07) is 0.647. The molecule has 2 unspecified atom stereocenters. The minimum Gasteiger partial charge on any atom is -0.504 e. The Morgan fingerprint density at radius 2 is 0.612 bits per heavy atom. The fraction of sp³-hybridized carbons (Fsp3) is 0.122.